The molecule has 84 valence electrons. The van der Waals surface area contributed by atoms with Gasteiger partial charge >= 0.3 is 0 Å². The van der Waals surface area contributed by atoms with E-state index in [1.807, 2.05) is 27.7 Å². The maximum Gasteiger partial charge on any atom is 0.147 e. The molecule has 0 saturated carbocycles. The molecule has 1 rings (SSSR count). The van der Waals surface area contributed by atoms with Crippen molar-refractivity contribution in [1.82, 2.24) is 9.97 Å². The van der Waals surface area contributed by atoms with E-state index in [9.17, 15) is 4.39 Å². The van der Waals surface area contributed by atoms with Crippen molar-refractivity contribution < 1.29 is 4.39 Å². The molecule has 2 nitrogen and oxygen atoms in total. The molecule has 0 aromatic carbocycles. The van der Waals surface area contributed by atoms with Crippen molar-refractivity contribution in [2.45, 2.75) is 52.6 Å². The van der Waals surface area contributed by atoms with Crippen LogP contribution >= 0.6 is 0 Å². The summed E-state index contributed by atoms with van der Waals surface area (Å²) in [6.07, 6.45) is 0. The Morgan fingerprint density at radius 1 is 1.07 bits per heavy atom. The van der Waals surface area contributed by atoms with Gasteiger partial charge in [-0.15, -0.1) is 0 Å². The molecular formula is C12H19FN2. The zero-order valence-corrected chi connectivity index (χ0v) is 10.3. The van der Waals surface area contributed by atoms with Crippen molar-refractivity contribution in [2.75, 3.05) is 0 Å². The van der Waals surface area contributed by atoms with Crippen LogP contribution in [-0.4, -0.2) is 9.97 Å². The van der Waals surface area contributed by atoms with Crippen LogP contribution in [0.15, 0.2) is 6.07 Å². The number of hydrogen-bond donors (Lipinski definition) is 0. The first-order chi connectivity index (χ1) is 6.60. The molecule has 0 spiro atoms. The summed E-state index contributed by atoms with van der Waals surface area (Å²) in [6.45, 7) is 11.0. The van der Waals surface area contributed by atoms with Crippen LogP contribution in [0.1, 0.15) is 51.8 Å². The molecule has 15 heavy (non-hydrogen) atoms. The standard InChI is InChI=1S/C12H19FN2/c1-8-7-9(12(5,6)13)15-10(14-8)11(2,3)4/h7H,1-6H3. The van der Waals surface area contributed by atoms with E-state index in [-0.39, 0.29) is 5.41 Å². The van der Waals surface area contributed by atoms with Gasteiger partial charge < -0.3 is 0 Å². The van der Waals surface area contributed by atoms with Gasteiger partial charge in [0.1, 0.15) is 11.5 Å². The predicted molar refractivity (Wildman–Crippen MR) is 59.6 cm³/mol. The molecular weight excluding hydrogens is 191 g/mol. The van der Waals surface area contributed by atoms with Crippen molar-refractivity contribution in [3.8, 4) is 0 Å². The largest absolute Gasteiger partial charge is 0.238 e. The summed E-state index contributed by atoms with van der Waals surface area (Å²) < 4.78 is 13.8. The van der Waals surface area contributed by atoms with Crippen LogP contribution in [-0.2, 0) is 11.1 Å². The summed E-state index contributed by atoms with van der Waals surface area (Å²) in [5.41, 5.74) is -0.282. The third-order valence-corrected chi connectivity index (χ3v) is 2.13. The van der Waals surface area contributed by atoms with Gasteiger partial charge in [0.15, 0.2) is 0 Å². The van der Waals surface area contributed by atoms with Gasteiger partial charge in [-0.25, -0.2) is 14.4 Å². The summed E-state index contributed by atoms with van der Waals surface area (Å²) in [7, 11) is 0. The van der Waals surface area contributed by atoms with Crippen molar-refractivity contribution in [2.24, 2.45) is 0 Å². The van der Waals surface area contributed by atoms with Gasteiger partial charge in [0, 0.05) is 11.1 Å². The summed E-state index contributed by atoms with van der Waals surface area (Å²) in [5, 5.41) is 0. The first-order valence-electron chi connectivity index (χ1n) is 5.16. The van der Waals surface area contributed by atoms with E-state index >= 15 is 0 Å². The van der Waals surface area contributed by atoms with E-state index in [0.29, 0.717) is 11.5 Å². The smallest absolute Gasteiger partial charge is 0.147 e. The van der Waals surface area contributed by atoms with Gasteiger partial charge in [0.25, 0.3) is 0 Å². The Labute approximate surface area is 91.0 Å². The van der Waals surface area contributed by atoms with Crippen molar-refractivity contribution >= 4 is 0 Å². The quantitative estimate of drug-likeness (QED) is 0.710. The molecule has 1 heterocycles. The minimum Gasteiger partial charge on any atom is -0.238 e. The lowest BCUT2D eigenvalue weighted by atomic mass is 9.94. The van der Waals surface area contributed by atoms with Crippen LogP contribution in [0.2, 0.25) is 0 Å². The molecule has 0 radical (unpaired) electrons. The summed E-state index contributed by atoms with van der Waals surface area (Å²) in [6, 6.07) is 1.70. The zero-order valence-electron chi connectivity index (χ0n) is 10.3. The predicted octanol–water partition coefficient (Wildman–Crippen LogP) is 3.29. The molecule has 0 aliphatic rings. The molecule has 0 atom stereocenters. The van der Waals surface area contributed by atoms with E-state index in [1.54, 1.807) is 6.07 Å². The fourth-order valence-electron chi connectivity index (χ4n) is 1.21. The molecule has 0 aliphatic heterocycles. The van der Waals surface area contributed by atoms with Crippen LogP contribution in [0, 0.1) is 6.92 Å². The highest BCUT2D eigenvalue weighted by molar-refractivity contribution is 5.18. The normalized spacial score (nSPS) is 13.0. The van der Waals surface area contributed by atoms with Gasteiger partial charge in [-0.3, -0.25) is 0 Å². The maximum absolute atomic E-state index is 13.8. The molecule has 1 aromatic heterocycles. The lowest BCUT2D eigenvalue weighted by Crippen LogP contribution is -2.21. The number of alkyl halides is 1. The molecule has 0 N–H and O–H groups in total. The Morgan fingerprint density at radius 2 is 1.60 bits per heavy atom. The second-order valence-electron chi connectivity index (χ2n) is 5.44. The first kappa shape index (κ1) is 12.1. The molecule has 0 unspecified atom stereocenters. The van der Waals surface area contributed by atoms with E-state index in [1.165, 1.54) is 13.8 Å². The van der Waals surface area contributed by atoms with Gasteiger partial charge in [-0.2, -0.15) is 0 Å². The van der Waals surface area contributed by atoms with E-state index < -0.39 is 5.67 Å². The van der Waals surface area contributed by atoms with Crippen LogP contribution < -0.4 is 0 Å². The highest BCUT2D eigenvalue weighted by atomic mass is 19.1. The van der Waals surface area contributed by atoms with Crippen LogP contribution in [0.25, 0.3) is 0 Å². The average Bonchev–Trinajstić information content (AvgIpc) is 1.99. The van der Waals surface area contributed by atoms with Crippen molar-refractivity contribution in [3.05, 3.63) is 23.3 Å². The molecule has 3 heteroatoms. The highest BCUT2D eigenvalue weighted by Crippen LogP contribution is 2.26. The number of rotatable bonds is 1. The Morgan fingerprint density at radius 3 is 2.00 bits per heavy atom. The number of halogens is 1. The third kappa shape index (κ3) is 2.98. The second kappa shape index (κ2) is 3.54. The first-order valence-corrected chi connectivity index (χ1v) is 5.16. The van der Waals surface area contributed by atoms with E-state index in [0.717, 1.165) is 5.69 Å². The van der Waals surface area contributed by atoms with Gasteiger partial charge in [0.05, 0.1) is 5.69 Å². The summed E-state index contributed by atoms with van der Waals surface area (Å²) in [5.74, 6) is 0.697. The minimum absolute atomic E-state index is 0.147. The Balaban J connectivity index is 3.30. The van der Waals surface area contributed by atoms with Gasteiger partial charge in [0.2, 0.25) is 0 Å². The van der Waals surface area contributed by atoms with Crippen molar-refractivity contribution in [1.29, 1.82) is 0 Å². The average molecular weight is 210 g/mol. The van der Waals surface area contributed by atoms with Crippen LogP contribution in [0.5, 0.6) is 0 Å². The Hall–Kier alpha value is -0.990. The topological polar surface area (TPSA) is 25.8 Å². The zero-order chi connectivity index (χ0) is 11.9. The Bertz CT molecular complexity index is 327. The molecule has 1 aromatic rings. The summed E-state index contributed by atoms with van der Waals surface area (Å²) in [4.78, 5) is 8.63. The van der Waals surface area contributed by atoms with Crippen LogP contribution in [0.3, 0.4) is 0 Å². The maximum atomic E-state index is 13.8. The monoisotopic (exact) mass is 210 g/mol. The van der Waals surface area contributed by atoms with Crippen molar-refractivity contribution in [3.63, 3.8) is 0 Å². The summed E-state index contributed by atoms with van der Waals surface area (Å²) >= 11 is 0. The van der Waals surface area contributed by atoms with Gasteiger partial charge in [-0.1, -0.05) is 20.8 Å². The second-order valence-corrected chi connectivity index (χ2v) is 5.44. The minimum atomic E-state index is -1.41. The number of hydrogen-bond acceptors (Lipinski definition) is 2. The highest BCUT2D eigenvalue weighted by Gasteiger charge is 2.25. The number of nitrogens with zero attached hydrogens (tertiary/aromatic N) is 2. The molecule has 0 fully saturated rings. The van der Waals surface area contributed by atoms with E-state index in [4.69, 9.17) is 0 Å². The van der Waals surface area contributed by atoms with Crippen LogP contribution in [0.4, 0.5) is 4.39 Å². The lowest BCUT2D eigenvalue weighted by molar-refractivity contribution is 0.212. The fourth-order valence-corrected chi connectivity index (χ4v) is 1.21. The molecule has 0 amide bonds. The number of aromatic nitrogens is 2. The molecule has 0 aliphatic carbocycles. The molecule has 0 saturated heterocycles. The fraction of sp³-hybridized carbons (Fsp3) is 0.667. The van der Waals surface area contributed by atoms with E-state index in [2.05, 4.69) is 9.97 Å². The van der Waals surface area contributed by atoms with Gasteiger partial charge in [-0.05, 0) is 26.8 Å². The molecule has 0 bridgehead atoms. The Kier molecular flexibility index (Phi) is 2.85. The third-order valence-electron chi connectivity index (χ3n) is 2.13. The SMILES string of the molecule is Cc1cc(C(C)(C)F)nc(C(C)(C)C)n1. The number of aryl methyl sites for hydroxylation is 1. The lowest BCUT2D eigenvalue weighted by Gasteiger charge is -2.21.